The Hall–Kier alpha value is -3.43. The van der Waals surface area contributed by atoms with Gasteiger partial charge in [0.2, 0.25) is 5.95 Å². The highest BCUT2D eigenvalue weighted by molar-refractivity contribution is 5.78. The van der Waals surface area contributed by atoms with Crippen LogP contribution < -0.4 is 15.2 Å². The normalized spacial score (nSPS) is 14.8. The summed E-state index contributed by atoms with van der Waals surface area (Å²) in [6.07, 6.45) is 1.54. The molecule has 9 nitrogen and oxygen atoms in total. The Balaban J connectivity index is 1.41. The molecule has 1 aliphatic rings. The van der Waals surface area contributed by atoms with Crippen LogP contribution in [-0.2, 0) is 10.3 Å². The van der Waals surface area contributed by atoms with Crippen molar-refractivity contribution in [2.75, 3.05) is 37.7 Å². The Bertz CT molecular complexity index is 1140. The SMILES string of the molecule is CC(C)(C)n1ncc2c(=O)[nH]c(N3CCN(C(=O)COc4ccc(F)cc4)CC3)nc21. The van der Waals surface area contributed by atoms with Crippen LogP contribution in [0.15, 0.2) is 35.3 Å². The van der Waals surface area contributed by atoms with Gasteiger partial charge in [-0.2, -0.15) is 10.1 Å². The van der Waals surface area contributed by atoms with Crippen molar-refractivity contribution in [2.45, 2.75) is 26.3 Å². The van der Waals surface area contributed by atoms with Gasteiger partial charge in [-0.1, -0.05) is 0 Å². The minimum atomic E-state index is -0.356. The molecule has 1 aliphatic heterocycles. The van der Waals surface area contributed by atoms with Crippen molar-refractivity contribution in [2.24, 2.45) is 0 Å². The van der Waals surface area contributed by atoms with E-state index in [0.717, 1.165) is 0 Å². The number of carbonyl (C=O) groups is 1. The lowest BCUT2D eigenvalue weighted by Gasteiger charge is -2.35. The summed E-state index contributed by atoms with van der Waals surface area (Å²) < 4.78 is 20.1. The zero-order chi connectivity index (χ0) is 22.2. The van der Waals surface area contributed by atoms with Crippen molar-refractivity contribution in [1.82, 2.24) is 24.6 Å². The highest BCUT2D eigenvalue weighted by Crippen LogP contribution is 2.20. The number of benzene rings is 1. The van der Waals surface area contributed by atoms with Crippen LogP contribution in [0.4, 0.5) is 10.3 Å². The summed E-state index contributed by atoms with van der Waals surface area (Å²) in [6.45, 7) is 7.90. The number of piperazine rings is 1. The van der Waals surface area contributed by atoms with E-state index in [1.54, 1.807) is 9.58 Å². The van der Waals surface area contributed by atoms with E-state index in [4.69, 9.17) is 4.74 Å². The van der Waals surface area contributed by atoms with Gasteiger partial charge in [0.1, 0.15) is 17.0 Å². The molecule has 10 heteroatoms. The molecule has 0 saturated carbocycles. The van der Waals surface area contributed by atoms with Gasteiger partial charge in [-0.05, 0) is 45.0 Å². The molecule has 0 unspecified atom stereocenters. The van der Waals surface area contributed by atoms with Gasteiger partial charge in [0.05, 0.1) is 11.7 Å². The summed E-state index contributed by atoms with van der Waals surface area (Å²) >= 11 is 0. The maximum atomic E-state index is 13.0. The molecule has 1 amide bonds. The minimum absolute atomic E-state index is 0.114. The highest BCUT2D eigenvalue weighted by atomic mass is 19.1. The zero-order valence-electron chi connectivity index (χ0n) is 17.8. The van der Waals surface area contributed by atoms with Gasteiger partial charge < -0.3 is 14.5 Å². The van der Waals surface area contributed by atoms with Crippen molar-refractivity contribution in [3.05, 3.63) is 46.6 Å². The Kier molecular flexibility index (Phi) is 5.38. The number of fused-ring (bicyclic) bond motifs is 1. The first-order chi connectivity index (χ1) is 14.7. The standard InChI is InChI=1S/C21H25FN6O3/c1-21(2,3)28-18-16(12-23-28)19(30)25-20(24-18)27-10-8-26(9-11-27)17(29)13-31-15-6-4-14(22)5-7-15/h4-7,12H,8-11,13H2,1-3H3,(H,24,25,30). The molecule has 0 bridgehead atoms. The molecule has 3 aromatic rings. The van der Waals surface area contributed by atoms with Crippen LogP contribution in [-0.4, -0.2) is 63.3 Å². The second kappa shape index (κ2) is 8.01. The third kappa shape index (κ3) is 4.37. The second-order valence-electron chi connectivity index (χ2n) is 8.46. The van der Waals surface area contributed by atoms with Gasteiger partial charge in [-0.15, -0.1) is 0 Å². The van der Waals surface area contributed by atoms with E-state index in [-0.39, 0.29) is 29.4 Å². The summed E-state index contributed by atoms with van der Waals surface area (Å²) in [4.78, 5) is 36.1. The van der Waals surface area contributed by atoms with Crippen LogP contribution in [0.5, 0.6) is 5.75 Å². The Morgan fingerprint density at radius 2 is 1.84 bits per heavy atom. The zero-order valence-corrected chi connectivity index (χ0v) is 17.8. The second-order valence-corrected chi connectivity index (χ2v) is 8.46. The number of amides is 1. The molecule has 1 N–H and O–H groups in total. The van der Waals surface area contributed by atoms with Crippen molar-refractivity contribution < 1.29 is 13.9 Å². The molecular formula is C21H25FN6O3. The molecule has 0 radical (unpaired) electrons. The van der Waals surface area contributed by atoms with Crippen molar-refractivity contribution >= 4 is 22.9 Å². The molecule has 164 valence electrons. The topological polar surface area (TPSA) is 96.4 Å². The number of hydrogen-bond acceptors (Lipinski definition) is 6. The first kappa shape index (κ1) is 20.8. The van der Waals surface area contributed by atoms with Crippen LogP contribution in [0.3, 0.4) is 0 Å². The minimum Gasteiger partial charge on any atom is -0.484 e. The Morgan fingerprint density at radius 3 is 2.48 bits per heavy atom. The summed E-state index contributed by atoms with van der Waals surface area (Å²) in [5, 5.41) is 4.78. The number of hydrogen-bond donors (Lipinski definition) is 1. The monoisotopic (exact) mass is 428 g/mol. The molecule has 31 heavy (non-hydrogen) atoms. The maximum Gasteiger partial charge on any atom is 0.263 e. The molecule has 0 atom stereocenters. The third-order valence-corrected chi connectivity index (χ3v) is 5.17. The smallest absolute Gasteiger partial charge is 0.263 e. The number of nitrogens with zero attached hydrogens (tertiary/aromatic N) is 5. The third-order valence-electron chi connectivity index (χ3n) is 5.17. The van der Waals surface area contributed by atoms with Crippen LogP contribution in [0.2, 0.25) is 0 Å². The van der Waals surface area contributed by atoms with E-state index in [9.17, 15) is 14.0 Å². The fraction of sp³-hybridized carbons (Fsp3) is 0.429. The number of H-pyrrole nitrogens is 1. The van der Waals surface area contributed by atoms with Gasteiger partial charge in [0, 0.05) is 26.2 Å². The van der Waals surface area contributed by atoms with Gasteiger partial charge in [-0.3, -0.25) is 14.6 Å². The van der Waals surface area contributed by atoms with Gasteiger partial charge in [0.25, 0.3) is 11.5 Å². The molecule has 0 spiro atoms. The molecule has 4 rings (SSSR count). The van der Waals surface area contributed by atoms with Gasteiger partial charge >= 0.3 is 0 Å². The van der Waals surface area contributed by atoms with E-state index < -0.39 is 0 Å². The van der Waals surface area contributed by atoms with Crippen LogP contribution in [0, 0.1) is 5.82 Å². The number of aromatic nitrogens is 4. The molecular weight excluding hydrogens is 403 g/mol. The molecule has 0 aliphatic carbocycles. The number of halogens is 1. The quantitative estimate of drug-likeness (QED) is 0.680. The fourth-order valence-corrected chi connectivity index (χ4v) is 3.48. The first-order valence-corrected chi connectivity index (χ1v) is 10.1. The highest BCUT2D eigenvalue weighted by Gasteiger charge is 2.25. The fourth-order valence-electron chi connectivity index (χ4n) is 3.48. The average Bonchev–Trinajstić information content (AvgIpc) is 3.18. The van der Waals surface area contributed by atoms with Crippen LogP contribution in [0.1, 0.15) is 20.8 Å². The van der Waals surface area contributed by atoms with Crippen molar-refractivity contribution in [3.63, 3.8) is 0 Å². The molecule has 3 heterocycles. The molecule has 1 saturated heterocycles. The number of ether oxygens (including phenoxy) is 1. The largest absolute Gasteiger partial charge is 0.484 e. The number of anilines is 1. The van der Waals surface area contributed by atoms with Crippen LogP contribution in [0.25, 0.3) is 11.0 Å². The Labute approximate surface area is 178 Å². The van der Waals surface area contributed by atoms with Crippen LogP contribution >= 0.6 is 0 Å². The van der Waals surface area contributed by atoms with E-state index in [0.29, 0.717) is 48.9 Å². The number of carbonyl (C=O) groups excluding carboxylic acids is 1. The summed E-state index contributed by atoms with van der Waals surface area (Å²) in [5.41, 5.74) is -0.00529. The van der Waals surface area contributed by atoms with Gasteiger partial charge in [0.15, 0.2) is 12.3 Å². The first-order valence-electron chi connectivity index (χ1n) is 10.1. The number of nitrogens with one attached hydrogen (secondary N) is 1. The van der Waals surface area contributed by atoms with Crippen molar-refractivity contribution in [1.29, 1.82) is 0 Å². The van der Waals surface area contributed by atoms with Gasteiger partial charge in [-0.25, -0.2) is 9.07 Å². The van der Waals surface area contributed by atoms with Crippen molar-refractivity contribution in [3.8, 4) is 5.75 Å². The van der Waals surface area contributed by atoms with E-state index in [1.165, 1.54) is 30.5 Å². The number of aromatic amines is 1. The Morgan fingerprint density at radius 1 is 1.16 bits per heavy atom. The maximum absolute atomic E-state index is 13.0. The lowest BCUT2D eigenvalue weighted by atomic mass is 10.1. The predicted molar refractivity (Wildman–Crippen MR) is 114 cm³/mol. The summed E-state index contributed by atoms with van der Waals surface area (Å²) in [7, 11) is 0. The average molecular weight is 428 g/mol. The van der Waals surface area contributed by atoms with E-state index in [1.807, 2.05) is 25.7 Å². The lowest BCUT2D eigenvalue weighted by molar-refractivity contribution is -0.133. The molecule has 2 aromatic heterocycles. The van der Waals surface area contributed by atoms with E-state index >= 15 is 0 Å². The molecule has 1 aromatic carbocycles. The number of rotatable bonds is 4. The van der Waals surface area contributed by atoms with E-state index in [2.05, 4.69) is 15.1 Å². The summed E-state index contributed by atoms with van der Waals surface area (Å²) in [6, 6.07) is 5.55. The lowest BCUT2D eigenvalue weighted by Crippen LogP contribution is -2.50. The molecule has 1 fully saturated rings. The summed E-state index contributed by atoms with van der Waals surface area (Å²) in [5.74, 6) is 0.411. The predicted octanol–water partition coefficient (Wildman–Crippen LogP) is 1.74.